The van der Waals surface area contributed by atoms with E-state index in [1.807, 2.05) is 0 Å². The maximum Gasteiger partial charge on any atom is 0.328 e. The molecule has 0 aliphatic rings. The summed E-state index contributed by atoms with van der Waals surface area (Å²) < 4.78 is 5.83. The van der Waals surface area contributed by atoms with Crippen molar-refractivity contribution in [3.63, 3.8) is 0 Å². The van der Waals surface area contributed by atoms with Crippen molar-refractivity contribution in [3.8, 4) is 0 Å². The maximum atomic E-state index is 12.5. The van der Waals surface area contributed by atoms with E-state index in [0.29, 0.717) is 12.8 Å². The van der Waals surface area contributed by atoms with E-state index in [2.05, 4.69) is 36.6 Å². The Labute approximate surface area is 311 Å². The van der Waals surface area contributed by atoms with Gasteiger partial charge < -0.3 is 25.6 Å². The van der Waals surface area contributed by atoms with Crippen molar-refractivity contribution in [2.75, 3.05) is 13.2 Å². The lowest BCUT2D eigenvalue weighted by Crippen LogP contribution is -2.47. The number of esters is 1. The second-order valence-corrected chi connectivity index (χ2v) is 14.4. The van der Waals surface area contributed by atoms with Gasteiger partial charge in [0.15, 0.2) is 0 Å². The van der Waals surface area contributed by atoms with E-state index in [4.69, 9.17) is 14.9 Å². The summed E-state index contributed by atoms with van der Waals surface area (Å²) in [6.07, 6.45) is 38.9. The molecule has 0 radical (unpaired) electrons. The summed E-state index contributed by atoms with van der Waals surface area (Å²) in [7, 11) is 0. The molecule has 2 unspecified atom stereocenters. The lowest BCUT2D eigenvalue weighted by atomic mass is 10.0. The summed E-state index contributed by atoms with van der Waals surface area (Å²) >= 11 is 0. The summed E-state index contributed by atoms with van der Waals surface area (Å²) in [6.45, 7) is 3.35. The third-order valence-electron chi connectivity index (χ3n) is 9.51. The Bertz CT molecular complexity index is 879. The van der Waals surface area contributed by atoms with Crippen LogP contribution in [-0.2, 0) is 23.9 Å². The van der Waals surface area contributed by atoms with Crippen molar-refractivity contribution < 1.29 is 34.1 Å². The summed E-state index contributed by atoms with van der Waals surface area (Å²) in [4.78, 5) is 47.1. The molecule has 0 bridgehead atoms. The highest BCUT2D eigenvalue weighted by atomic mass is 16.5. The highest BCUT2D eigenvalue weighted by molar-refractivity contribution is 5.87. The van der Waals surface area contributed by atoms with Crippen LogP contribution in [0.4, 0.5) is 0 Å². The average molecular weight is 723 g/mol. The number of aliphatic carboxylic acids is 1. The van der Waals surface area contributed by atoms with Gasteiger partial charge in [-0.15, -0.1) is 0 Å². The van der Waals surface area contributed by atoms with Gasteiger partial charge >= 0.3 is 11.9 Å². The second-order valence-electron chi connectivity index (χ2n) is 14.4. The first-order valence-electron chi connectivity index (χ1n) is 21.1. The van der Waals surface area contributed by atoms with Gasteiger partial charge in [-0.2, -0.15) is 0 Å². The Hall–Kier alpha value is -2.42. The standard InChI is InChI=1S/C42H78N2O7/c1-3-5-7-8-9-10-11-12-13-14-15-16-17-18-19-20-21-22-23-24-25-26-30-34-41(48)51-37(31-6-4-2)32-28-27-29-33-39(46)43-35-40(47)44-38(36-45)42(49)50/h14-15,37-38,45H,3-13,16-36H2,1-2H3,(H,43,46)(H,44,47)(H,49,50)/b15-14-. The molecule has 4 N–H and O–H groups in total. The zero-order valence-electron chi connectivity index (χ0n) is 32.9. The van der Waals surface area contributed by atoms with Gasteiger partial charge in [0.25, 0.3) is 0 Å². The molecular weight excluding hydrogens is 644 g/mol. The van der Waals surface area contributed by atoms with E-state index in [9.17, 15) is 19.2 Å². The highest BCUT2D eigenvalue weighted by Gasteiger charge is 2.19. The summed E-state index contributed by atoms with van der Waals surface area (Å²) in [5.41, 5.74) is 0. The van der Waals surface area contributed by atoms with Crippen molar-refractivity contribution in [1.29, 1.82) is 0 Å². The SMILES string of the molecule is CCCCCCCCCC/C=C\CCCCCCCCCCCCCC(=O)OC(CCCC)CCCCCC(=O)NCC(=O)NC(CO)C(=O)O. The van der Waals surface area contributed by atoms with Gasteiger partial charge in [-0.1, -0.05) is 148 Å². The van der Waals surface area contributed by atoms with Crippen LogP contribution in [0.15, 0.2) is 12.2 Å². The molecule has 0 spiro atoms. The maximum absolute atomic E-state index is 12.5. The topological polar surface area (TPSA) is 142 Å². The van der Waals surface area contributed by atoms with Crippen LogP contribution in [0.5, 0.6) is 0 Å². The van der Waals surface area contributed by atoms with Crippen molar-refractivity contribution in [2.24, 2.45) is 0 Å². The number of hydrogen-bond donors (Lipinski definition) is 4. The van der Waals surface area contributed by atoms with Gasteiger partial charge in [0, 0.05) is 12.8 Å². The van der Waals surface area contributed by atoms with Crippen molar-refractivity contribution in [3.05, 3.63) is 12.2 Å². The van der Waals surface area contributed by atoms with Crippen LogP contribution in [0.1, 0.15) is 206 Å². The first-order chi connectivity index (χ1) is 24.8. The monoisotopic (exact) mass is 723 g/mol. The van der Waals surface area contributed by atoms with Crippen LogP contribution in [-0.4, -0.2) is 59.3 Å². The van der Waals surface area contributed by atoms with E-state index in [-0.39, 0.29) is 30.9 Å². The molecular formula is C42H78N2O7. The van der Waals surface area contributed by atoms with Crippen molar-refractivity contribution >= 4 is 23.8 Å². The molecule has 9 nitrogen and oxygen atoms in total. The number of ether oxygens (including phenoxy) is 1. The van der Waals surface area contributed by atoms with Gasteiger partial charge in [0.1, 0.15) is 12.1 Å². The van der Waals surface area contributed by atoms with Crippen LogP contribution in [0.2, 0.25) is 0 Å². The van der Waals surface area contributed by atoms with Crippen LogP contribution >= 0.6 is 0 Å². The van der Waals surface area contributed by atoms with Crippen molar-refractivity contribution in [2.45, 2.75) is 219 Å². The quantitative estimate of drug-likeness (QED) is 0.0282. The van der Waals surface area contributed by atoms with E-state index in [1.165, 1.54) is 122 Å². The first kappa shape index (κ1) is 48.6. The molecule has 51 heavy (non-hydrogen) atoms. The molecule has 0 aromatic heterocycles. The molecule has 9 heteroatoms. The third kappa shape index (κ3) is 34.4. The second kappa shape index (κ2) is 37.3. The first-order valence-corrected chi connectivity index (χ1v) is 21.1. The molecule has 0 saturated carbocycles. The normalized spacial score (nSPS) is 12.5. The van der Waals surface area contributed by atoms with E-state index < -0.39 is 24.5 Å². The molecule has 0 saturated heterocycles. The number of allylic oxidation sites excluding steroid dienone is 2. The summed E-state index contributed by atoms with van der Waals surface area (Å²) in [6, 6.07) is -1.39. The number of carbonyl (C=O) groups excluding carboxylic acids is 3. The number of aliphatic hydroxyl groups excluding tert-OH is 1. The molecule has 0 aromatic rings. The summed E-state index contributed by atoms with van der Waals surface area (Å²) in [5, 5.41) is 22.4. The molecule has 2 atom stereocenters. The predicted molar refractivity (Wildman–Crippen MR) is 209 cm³/mol. The number of unbranched alkanes of at least 4 members (excludes halogenated alkanes) is 22. The van der Waals surface area contributed by atoms with Gasteiger partial charge in [-0.3, -0.25) is 14.4 Å². The number of carboxylic acid groups (broad SMARTS) is 1. The zero-order chi connectivity index (χ0) is 37.6. The largest absolute Gasteiger partial charge is 0.480 e. The molecule has 0 aliphatic heterocycles. The summed E-state index contributed by atoms with van der Waals surface area (Å²) in [5.74, 6) is -2.39. The average Bonchev–Trinajstić information content (AvgIpc) is 3.11. The number of aliphatic hydroxyl groups is 1. The molecule has 0 aliphatic carbocycles. The number of amides is 2. The Morgan fingerprint density at radius 3 is 1.53 bits per heavy atom. The van der Waals surface area contributed by atoms with Crippen LogP contribution in [0.25, 0.3) is 0 Å². The van der Waals surface area contributed by atoms with Crippen LogP contribution < -0.4 is 10.6 Å². The highest BCUT2D eigenvalue weighted by Crippen LogP contribution is 2.17. The fourth-order valence-corrected chi connectivity index (χ4v) is 6.23. The minimum atomic E-state index is -1.39. The molecule has 0 aromatic carbocycles. The third-order valence-corrected chi connectivity index (χ3v) is 9.51. The number of carbonyl (C=O) groups is 4. The molecule has 0 heterocycles. The lowest BCUT2D eigenvalue weighted by Gasteiger charge is -2.18. The molecule has 0 fully saturated rings. The lowest BCUT2D eigenvalue weighted by molar-refractivity contribution is -0.150. The fraction of sp³-hybridized carbons (Fsp3) is 0.857. The fourth-order valence-electron chi connectivity index (χ4n) is 6.23. The van der Waals surface area contributed by atoms with Crippen molar-refractivity contribution in [1.82, 2.24) is 10.6 Å². The smallest absolute Gasteiger partial charge is 0.328 e. The number of hydrogen-bond acceptors (Lipinski definition) is 6. The Morgan fingerprint density at radius 1 is 0.569 bits per heavy atom. The Kier molecular flexibility index (Phi) is 35.6. The van der Waals surface area contributed by atoms with Gasteiger partial charge in [-0.25, -0.2) is 4.79 Å². The number of nitrogens with one attached hydrogen (secondary N) is 2. The van der Waals surface area contributed by atoms with Gasteiger partial charge in [0.2, 0.25) is 11.8 Å². The van der Waals surface area contributed by atoms with Crippen LogP contribution in [0.3, 0.4) is 0 Å². The van der Waals surface area contributed by atoms with Gasteiger partial charge in [0.05, 0.1) is 13.2 Å². The number of rotatable bonds is 38. The minimum Gasteiger partial charge on any atom is -0.480 e. The Balaban J connectivity index is 3.73. The Morgan fingerprint density at radius 2 is 1.02 bits per heavy atom. The zero-order valence-corrected chi connectivity index (χ0v) is 32.9. The van der Waals surface area contributed by atoms with Crippen LogP contribution in [0, 0.1) is 0 Å². The van der Waals surface area contributed by atoms with Gasteiger partial charge in [-0.05, 0) is 57.8 Å². The molecule has 298 valence electrons. The van der Waals surface area contributed by atoms with E-state index in [1.54, 1.807) is 0 Å². The van der Waals surface area contributed by atoms with E-state index in [0.717, 1.165) is 51.4 Å². The van der Waals surface area contributed by atoms with E-state index >= 15 is 0 Å². The molecule has 2 amide bonds. The minimum absolute atomic E-state index is 0.0790. The molecule has 0 rings (SSSR count). The number of carboxylic acids is 1. The predicted octanol–water partition coefficient (Wildman–Crippen LogP) is 9.88.